The van der Waals surface area contributed by atoms with E-state index in [1.54, 1.807) is 17.0 Å². The van der Waals surface area contributed by atoms with Gasteiger partial charge in [-0.25, -0.2) is 4.79 Å². The molecule has 0 radical (unpaired) electrons. The van der Waals surface area contributed by atoms with Crippen LogP contribution in [0, 0.1) is 0 Å². The van der Waals surface area contributed by atoms with E-state index in [0.29, 0.717) is 17.8 Å². The van der Waals surface area contributed by atoms with Crippen LogP contribution in [0.3, 0.4) is 0 Å². The zero-order valence-corrected chi connectivity index (χ0v) is 9.65. The van der Waals surface area contributed by atoms with Crippen molar-refractivity contribution in [3.8, 4) is 0 Å². The average Bonchev–Trinajstić information content (AvgIpc) is 2.62. The Morgan fingerprint density at radius 3 is 2.94 bits per heavy atom. The van der Waals surface area contributed by atoms with E-state index >= 15 is 0 Å². The Hall–Kier alpha value is -1.58. The van der Waals surface area contributed by atoms with Crippen molar-refractivity contribution in [3.63, 3.8) is 0 Å². The number of unbranched alkanes of at least 4 members (excludes halogenated alkanes) is 2. The largest absolute Gasteiger partial charge is 0.478 e. The number of nitrogens with zero attached hydrogens (tertiary/aromatic N) is 2. The standard InChI is InChI=1S/C12H18N2O2/c1-3-5-6-7-11-10(12(15)16)9-14(13-11)8-4-2/h4,9H,2-3,5-8H2,1H3,(H,15,16). The van der Waals surface area contributed by atoms with Gasteiger partial charge in [0.1, 0.15) is 5.56 Å². The molecule has 0 amide bonds. The van der Waals surface area contributed by atoms with Crippen molar-refractivity contribution in [2.24, 2.45) is 0 Å². The van der Waals surface area contributed by atoms with Gasteiger partial charge in [0.05, 0.1) is 12.2 Å². The lowest BCUT2D eigenvalue weighted by atomic mass is 10.1. The van der Waals surface area contributed by atoms with Crippen LogP contribution in [0.2, 0.25) is 0 Å². The molecular weight excluding hydrogens is 204 g/mol. The molecule has 1 heterocycles. The predicted molar refractivity (Wildman–Crippen MR) is 62.6 cm³/mol. The van der Waals surface area contributed by atoms with Gasteiger partial charge in [0.2, 0.25) is 0 Å². The van der Waals surface area contributed by atoms with Crippen LogP contribution in [-0.2, 0) is 13.0 Å². The molecule has 0 aliphatic carbocycles. The van der Waals surface area contributed by atoms with Gasteiger partial charge in [-0.15, -0.1) is 6.58 Å². The molecule has 1 aromatic heterocycles. The lowest BCUT2D eigenvalue weighted by Crippen LogP contribution is -2.00. The van der Waals surface area contributed by atoms with Crippen LogP contribution >= 0.6 is 0 Å². The monoisotopic (exact) mass is 222 g/mol. The Balaban J connectivity index is 2.78. The highest BCUT2D eigenvalue weighted by Gasteiger charge is 2.14. The first-order valence-corrected chi connectivity index (χ1v) is 5.59. The molecule has 4 heteroatoms. The minimum atomic E-state index is -0.901. The highest BCUT2D eigenvalue weighted by Crippen LogP contribution is 2.11. The van der Waals surface area contributed by atoms with Crippen molar-refractivity contribution >= 4 is 5.97 Å². The fourth-order valence-electron chi connectivity index (χ4n) is 1.59. The molecule has 88 valence electrons. The summed E-state index contributed by atoms with van der Waals surface area (Å²) >= 11 is 0. The number of rotatable bonds is 7. The minimum absolute atomic E-state index is 0.318. The summed E-state index contributed by atoms with van der Waals surface area (Å²) in [6.45, 7) is 6.28. The molecule has 1 N–H and O–H groups in total. The van der Waals surface area contributed by atoms with Gasteiger partial charge >= 0.3 is 5.97 Å². The smallest absolute Gasteiger partial charge is 0.339 e. The van der Waals surface area contributed by atoms with E-state index in [9.17, 15) is 4.79 Å². The normalized spacial score (nSPS) is 10.3. The molecule has 0 fully saturated rings. The van der Waals surface area contributed by atoms with Crippen LogP contribution in [0.5, 0.6) is 0 Å². The van der Waals surface area contributed by atoms with E-state index in [0.717, 1.165) is 25.7 Å². The number of allylic oxidation sites excluding steroid dienone is 1. The van der Waals surface area contributed by atoms with E-state index in [4.69, 9.17) is 5.11 Å². The van der Waals surface area contributed by atoms with Crippen LogP contribution < -0.4 is 0 Å². The zero-order valence-electron chi connectivity index (χ0n) is 9.65. The van der Waals surface area contributed by atoms with E-state index in [1.807, 2.05) is 0 Å². The molecule has 0 aliphatic heterocycles. The molecule has 1 rings (SSSR count). The first kappa shape index (κ1) is 12.5. The summed E-state index contributed by atoms with van der Waals surface area (Å²) in [5.74, 6) is -0.901. The summed E-state index contributed by atoms with van der Waals surface area (Å²) in [7, 11) is 0. The SMILES string of the molecule is C=CCn1cc(C(=O)O)c(CCCCC)n1. The number of carboxylic acids is 1. The maximum atomic E-state index is 11.0. The molecule has 0 saturated carbocycles. The molecule has 1 aromatic rings. The summed E-state index contributed by atoms with van der Waals surface area (Å²) in [5.41, 5.74) is 1.00. The predicted octanol–water partition coefficient (Wildman–Crippen LogP) is 2.50. The third kappa shape index (κ3) is 3.22. The third-order valence-electron chi connectivity index (χ3n) is 2.40. The fourth-order valence-corrected chi connectivity index (χ4v) is 1.59. The molecule has 0 aromatic carbocycles. The number of carboxylic acid groups (broad SMARTS) is 1. The molecule has 0 saturated heterocycles. The lowest BCUT2D eigenvalue weighted by molar-refractivity contribution is 0.0695. The van der Waals surface area contributed by atoms with Crippen LogP contribution in [0.15, 0.2) is 18.9 Å². The van der Waals surface area contributed by atoms with Crippen molar-refractivity contribution < 1.29 is 9.90 Å². The van der Waals surface area contributed by atoms with E-state index in [2.05, 4.69) is 18.6 Å². The first-order chi connectivity index (χ1) is 7.69. The van der Waals surface area contributed by atoms with Crippen LogP contribution in [0.1, 0.15) is 42.2 Å². The Bertz CT molecular complexity index is 369. The molecule has 0 aliphatic rings. The number of hydrogen-bond acceptors (Lipinski definition) is 2. The van der Waals surface area contributed by atoms with Crippen molar-refractivity contribution in [1.82, 2.24) is 9.78 Å². The quantitative estimate of drug-likeness (QED) is 0.569. The van der Waals surface area contributed by atoms with Gasteiger partial charge in [-0.2, -0.15) is 5.10 Å². The summed E-state index contributed by atoms with van der Waals surface area (Å²) in [5, 5.41) is 13.3. The fraction of sp³-hybridized carbons (Fsp3) is 0.500. The van der Waals surface area contributed by atoms with Gasteiger partial charge in [0.25, 0.3) is 0 Å². The molecule has 0 bridgehead atoms. The molecule has 0 unspecified atom stereocenters. The third-order valence-corrected chi connectivity index (χ3v) is 2.40. The number of aryl methyl sites for hydroxylation is 1. The second kappa shape index (κ2) is 6.10. The Kier molecular flexibility index (Phi) is 4.76. The molecular formula is C12H18N2O2. The van der Waals surface area contributed by atoms with E-state index in [1.165, 1.54) is 0 Å². The Labute approximate surface area is 95.6 Å². The second-order valence-electron chi connectivity index (χ2n) is 3.76. The van der Waals surface area contributed by atoms with E-state index < -0.39 is 5.97 Å². The summed E-state index contributed by atoms with van der Waals surface area (Å²) in [6.07, 6.45) is 7.23. The highest BCUT2D eigenvalue weighted by atomic mass is 16.4. The number of carbonyl (C=O) groups is 1. The van der Waals surface area contributed by atoms with Crippen LogP contribution in [0.4, 0.5) is 0 Å². The van der Waals surface area contributed by atoms with Crippen molar-refractivity contribution in [3.05, 3.63) is 30.1 Å². The molecule has 0 atom stereocenters. The lowest BCUT2D eigenvalue weighted by Gasteiger charge is -1.97. The minimum Gasteiger partial charge on any atom is -0.478 e. The van der Waals surface area contributed by atoms with Gasteiger partial charge in [-0.3, -0.25) is 4.68 Å². The Morgan fingerprint density at radius 1 is 1.62 bits per heavy atom. The topological polar surface area (TPSA) is 55.1 Å². The highest BCUT2D eigenvalue weighted by molar-refractivity contribution is 5.88. The summed E-state index contributed by atoms with van der Waals surface area (Å²) < 4.78 is 1.62. The summed E-state index contributed by atoms with van der Waals surface area (Å²) in [6, 6.07) is 0. The van der Waals surface area contributed by atoms with Crippen LogP contribution in [0.25, 0.3) is 0 Å². The molecule has 4 nitrogen and oxygen atoms in total. The van der Waals surface area contributed by atoms with Gasteiger partial charge in [-0.1, -0.05) is 25.8 Å². The molecule has 16 heavy (non-hydrogen) atoms. The maximum Gasteiger partial charge on any atom is 0.339 e. The number of aromatic carboxylic acids is 1. The first-order valence-electron chi connectivity index (χ1n) is 5.59. The maximum absolute atomic E-state index is 11.0. The number of aromatic nitrogens is 2. The summed E-state index contributed by atoms with van der Waals surface area (Å²) in [4.78, 5) is 11.0. The van der Waals surface area contributed by atoms with E-state index in [-0.39, 0.29) is 0 Å². The van der Waals surface area contributed by atoms with Crippen molar-refractivity contribution in [2.75, 3.05) is 0 Å². The molecule has 0 spiro atoms. The van der Waals surface area contributed by atoms with Gasteiger partial charge in [-0.05, 0) is 12.8 Å². The average molecular weight is 222 g/mol. The van der Waals surface area contributed by atoms with Crippen molar-refractivity contribution in [2.45, 2.75) is 39.2 Å². The van der Waals surface area contributed by atoms with Gasteiger partial charge in [0.15, 0.2) is 0 Å². The van der Waals surface area contributed by atoms with Crippen molar-refractivity contribution in [1.29, 1.82) is 0 Å². The Morgan fingerprint density at radius 2 is 2.38 bits per heavy atom. The van der Waals surface area contributed by atoms with Gasteiger partial charge in [0, 0.05) is 6.20 Å². The van der Waals surface area contributed by atoms with Crippen LogP contribution in [-0.4, -0.2) is 20.9 Å². The number of hydrogen-bond donors (Lipinski definition) is 1. The zero-order chi connectivity index (χ0) is 12.0. The second-order valence-corrected chi connectivity index (χ2v) is 3.76. The van der Waals surface area contributed by atoms with Gasteiger partial charge < -0.3 is 5.11 Å².